The van der Waals surface area contributed by atoms with Gasteiger partial charge in [0, 0.05) is 50.9 Å². The highest BCUT2D eigenvalue weighted by atomic mass is 16.5. The number of aromatic nitrogens is 4. The molecule has 3 aromatic heterocycles. The number of nitrogens with one attached hydrogen (secondary N) is 2. The predicted octanol–water partition coefficient (Wildman–Crippen LogP) is 11.9. The van der Waals surface area contributed by atoms with Crippen LogP contribution < -0.4 is 4.74 Å². The summed E-state index contributed by atoms with van der Waals surface area (Å²) in [5.41, 5.74) is 15.7. The zero-order valence-electron chi connectivity index (χ0n) is 30.4. The van der Waals surface area contributed by atoms with E-state index < -0.39 is 0 Å². The van der Waals surface area contributed by atoms with Crippen molar-refractivity contribution in [3.05, 3.63) is 162 Å². The number of unbranched alkanes of at least 4 members (excludes halogenated alkanes) is 2. The van der Waals surface area contributed by atoms with Gasteiger partial charge in [-0.1, -0.05) is 103 Å². The molecule has 5 heterocycles. The Kier molecular flexibility index (Phi) is 9.47. The molecule has 0 saturated heterocycles. The highest BCUT2D eigenvalue weighted by Crippen LogP contribution is 2.38. The standard InChI is InChI=1S/C49H40N4O2/c54-31-11-4-12-32-55-37-21-19-36(20-22-37)49-44-29-27-42(52-44)47(34-15-7-2-8-16-34)40-25-23-38(50-40)46(33-13-5-1-6-14-33)39-24-26-41(51-39)48(35-17-9-3-10-18-35)43-28-30-45(49)53-43/h1-3,5-10,13-30,50,53-54H,4,11-12,31-32H2. The number of aromatic amines is 2. The number of H-pyrrole nitrogens is 2. The Bertz CT molecular complexity index is 2660. The van der Waals surface area contributed by atoms with Crippen molar-refractivity contribution in [2.24, 2.45) is 0 Å². The molecule has 6 heteroatoms. The Labute approximate surface area is 320 Å². The molecule has 2 aliphatic heterocycles. The van der Waals surface area contributed by atoms with E-state index in [2.05, 4.69) is 143 Å². The van der Waals surface area contributed by atoms with E-state index in [9.17, 15) is 0 Å². The number of hydrogen-bond donors (Lipinski definition) is 3. The molecule has 7 aromatic rings. The van der Waals surface area contributed by atoms with Gasteiger partial charge < -0.3 is 19.8 Å². The molecule has 268 valence electrons. The number of hydrogen-bond acceptors (Lipinski definition) is 4. The first kappa shape index (κ1) is 34.0. The van der Waals surface area contributed by atoms with Gasteiger partial charge in [0.15, 0.2) is 0 Å². The quantitative estimate of drug-likeness (QED) is 0.123. The third kappa shape index (κ3) is 6.92. The van der Waals surface area contributed by atoms with Crippen LogP contribution in [0.5, 0.6) is 5.75 Å². The summed E-state index contributed by atoms with van der Waals surface area (Å²) in [6.45, 7) is 0.826. The van der Waals surface area contributed by atoms with Crippen molar-refractivity contribution >= 4 is 46.4 Å². The van der Waals surface area contributed by atoms with Crippen LogP contribution in [0.4, 0.5) is 0 Å². The molecule has 0 amide bonds. The van der Waals surface area contributed by atoms with Crippen LogP contribution in [0.15, 0.2) is 140 Å². The molecule has 55 heavy (non-hydrogen) atoms. The van der Waals surface area contributed by atoms with Crippen molar-refractivity contribution in [1.82, 2.24) is 19.9 Å². The monoisotopic (exact) mass is 716 g/mol. The van der Waals surface area contributed by atoms with Crippen LogP contribution in [-0.4, -0.2) is 38.3 Å². The lowest BCUT2D eigenvalue weighted by molar-refractivity contribution is 0.266. The molecular weight excluding hydrogens is 677 g/mol. The van der Waals surface area contributed by atoms with Gasteiger partial charge in [0.25, 0.3) is 0 Å². The number of aliphatic hydroxyl groups excluding tert-OH is 1. The second-order valence-electron chi connectivity index (χ2n) is 13.8. The van der Waals surface area contributed by atoms with Crippen LogP contribution in [-0.2, 0) is 0 Å². The van der Waals surface area contributed by atoms with E-state index in [1.165, 1.54) is 0 Å². The van der Waals surface area contributed by atoms with Crippen molar-refractivity contribution in [1.29, 1.82) is 0 Å². The Balaban J connectivity index is 1.35. The maximum absolute atomic E-state index is 9.13. The highest BCUT2D eigenvalue weighted by Gasteiger charge is 2.19. The lowest BCUT2D eigenvalue weighted by Crippen LogP contribution is -1.98. The third-order valence-corrected chi connectivity index (χ3v) is 10.2. The molecule has 2 aliphatic rings. The van der Waals surface area contributed by atoms with Crippen LogP contribution in [0.2, 0.25) is 0 Å². The number of nitrogens with zero attached hydrogens (tertiary/aromatic N) is 2. The molecule has 0 radical (unpaired) electrons. The molecule has 0 atom stereocenters. The topological polar surface area (TPSA) is 86.8 Å². The van der Waals surface area contributed by atoms with Gasteiger partial charge in [-0.3, -0.25) is 0 Å². The fourth-order valence-corrected chi connectivity index (χ4v) is 7.53. The van der Waals surface area contributed by atoms with Crippen LogP contribution in [0, 0.1) is 0 Å². The van der Waals surface area contributed by atoms with Gasteiger partial charge in [-0.25, -0.2) is 9.97 Å². The van der Waals surface area contributed by atoms with Gasteiger partial charge in [-0.05, 0) is 102 Å². The molecule has 9 rings (SSSR count). The van der Waals surface area contributed by atoms with Gasteiger partial charge in [0.1, 0.15) is 5.75 Å². The average molecular weight is 717 g/mol. The summed E-state index contributed by atoms with van der Waals surface area (Å²) in [6, 6.07) is 48.3. The number of aliphatic hydroxyl groups is 1. The fourth-order valence-electron chi connectivity index (χ4n) is 7.53. The third-order valence-electron chi connectivity index (χ3n) is 10.2. The lowest BCUT2D eigenvalue weighted by atomic mass is 10.0. The molecule has 3 N–H and O–H groups in total. The van der Waals surface area contributed by atoms with E-state index in [4.69, 9.17) is 19.8 Å². The van der Waals surface area contributed by atoms with Crippen molar-refractivity contribution < 1.29 is 9.84 Å². The summed E-state index contributed by atoms with van der Waals surface area (Å²) < 4.78 is 6.07. The first-order valence-corrected chi connectivity index (χ1v) is 18.9. The summed E-state index contributed by atoms with van der Waals surface area (Å²) in [5.74, 6) is 0.816. The van der Waals surface area contributed by atoms with E-state index in [1.54, 1.807) is 0 Å². The van der Waals surface area contributed by atoms with Crippen LogP contribution >= 0.6 is 0 Å². The summed E-state index contributed by atoms with van der Waals surface area (Å²) in [5, 5.41) is 9.13. The molecule has 4 aromatic carbocycles. The minimum atomic E-state index is 0.213. The summed E-state index contributed by atoms with van der Waals surface area (Å²) in [4.78, 5) is 18.4. The van der Waals surface area contributed by atoms with E-state index in [0.29, 0.717) is 6.61 Å². The Morgan fingerprint density at radius 1 is 0.400 bits per heavy atom. The molecular formula is C49H40N4O2. The molecule has 0 spiro atoms. The van der Waals surface area contributed by atoms with Crippen molar-refractivity contribution in [2.75, 3.05) is 13.2 Å². The Morgan fingerprint density at radius 2 is 0.764 bits per heavy atom. The van der Waals surface area contributed by atoms with E-state index >= 15 is 0 Å². The summed E-state index contributed by atoms with van der Waals surface area (Å²) >= 11 is 0. The Hall–Kier alpha value is -6.76. The van der Waals surface area contributed by atoms with E-state index in [1.807, 2.05) is 30.3 Å². The zero-order valence-corrected chi connectivity index (χ0v) is 30.4. The highest BCUT2D eigenvalue weighted by molar-refractivity contribution is 5.99. The van der Waals surface area contributed by atoms with Gasteiger partial charge in [0.05, 0.1) is 29.4 Å². The molecule has 0 unspecified atom stereocenters. The maximum Gasteiger partial charge on any atom is 0.119 e. The molecule has 6 nitrogen and oxygen atoms in total. The molecule has 0 aliphatic carbocycles. The fraction of sp³-hybridized carbons (Fsp3) is 0.102. The molecule has 8 bridgehead atoms. The van der Waals surface area contributed by atoms with Crippen LogP contribution in [0.3, 0.4) is 0 Å². The molecule has 0 fully saturated rings. The molecule has 0 saturated carbocycles. The summed E-state index contributed by atoms with van der Waals surface area (Å²) in [6.07, 6.45) is 11.1. The SMILES string of the molecule is OCCCCCOc1ccc(-c2c3nc(c(-c4ccccc4)c4ccc([nH]4)c(-c4ccccc4)c4nc(c(-c5ccccc5)c5ccc2[nH]5)C=C4)C=C3)cc1. The van der Waals surface area contributed by atoms with Gasteiger partial charge in [-0.15, -0.1) is 0 Å². The predicted molar refractivity (Wildman–Crippen MR) is 227 cm³/mol. The maximum atomic E-state index is 9.13. The lowest BCUT2D eigenvalue weighted by Gasteiger charge is -2.09. The second kappa shape index (κ2) is 15.3. The van der Waals surface area contributed by atoms with E-state index in [-0.39, 0.29) is 6.61 Å². The first-order chi connectivity index (χ1) is 27.2. The average Bonchev–Trinajstić information content (AvgIpc) is 4.08. The first-order valence-electron chi connectivity index (χ1n) is 18.9. The zero-order chi connectivity index (χ0) is 37.0. The number of ether oxygens (including phenoxy) is 1. The van der Waals surface area contributed by atoms with Crippen molar-refractivity contribution in [2.45, 2.75) is 19.3 Å². The minimum Gasteiger partial charge on any atom is -0.494 e. The van der Waals surface area contributed by atoms with Crippen LogP contribution in [0.1, 0.15) is 42.0 Å². The van der Waals surface area contributed by atoms with Crippen molar-refractivity contribution in [3.63, 3.8) is 0 Å². The van der Waals surface area contributed by atoms with Crippen molar-refractivity contribution in [3.8, 4) is 50.3 Å². The summed E-state index contributed by atoms with van der Waals surface area (Å²) in [7, 11) is 0. The van der Waals surface area contributed by atoms with E-state index in [0.717, 1.165) is 114 Å². The number of rotatable bonds is 10. The van der Waals surface area contributed by atoms with Gasteiger partial charge in [-0.2, -0.15) is 0 Å². The van der Waals surface area contributed by atoms with Gasteiger partial charge in [0.2, 0.25) is 0 Å². The van der Waals surface area contributed by atoms with Crippen LogP contribution in [0.25, 0.3) is 90.9 Å². The normalized spacial score (nSPS) is 11.9. The smallest absolute Gasteiger partial charge is 0.119 e. The Morgan fingerprint density at radius 3 is 1.13 bits per heavy atom. The second-order valence-corrected chi connectivity index (χ2v) is 13.8. The largest absolute Gasteiger partial charge is 0.494 e. The van der Waals surface area contributed by atoms with Gasteiger partial charge >= 0.3 is 0 Å². The number of benzene rings is 4. The number of fused-ring (bicyclic) bond motifs is 8. The minimum absolute atomic E-state index is 0.213.